The maximum atomic E-state index is 11.7. The summed E-state index contributed by atoms with van der Waals surface area (Å²) in [6.07, 6.45) is 0.0624. The number of hydrogen-bond donors (Lipinski definition) is 3. The lowest BCUT2D eigenvalue weighted by atomic mass is 10.1. The van der Waals surface area contributed by atoms with Crippen molar-refractivity contribution in [3.63, 3.8) is 0 Å². The van der Waals surface area contributed by atoms with E-state index in [0.29, 0.717) is 5.88 Å². The van der Waals surface area contributed by atoms with E-state index in [1.165, 1.54) is 32.4 Å². The second-order valence-corrected chi connectivity index (χ2v) is 3.62. The topological polar surface area (TPSA) is 109 Å². The fourth-order valence-electron chi connectivity index (χ4n) is 1.25. The molecule has 0 bridgehead atoms. The van der Waals surface area contributed by atoms with E-state index >= 15 is 0 Å². The van der Waals surface area contributed by atoms with E-state index in [-0.39, 0.29) is 5.56 Å². The van der Waals surface area contributed by atoms with Crippen molar-refractivity contribution in [1.29, 1.82) is 0 Å². The summed E-state index contributed by atoms with van der Waals surface area (Å²) in [5, 5.41) is 20.2. The summed E-state index contributed by atoms with van der Waals surface area (Å²) in [6, 6.07) is 1.56. The van der Waals surface area contributed by atoms with Gasteiger partial charge in [0, 0.05) is 12.3 Å². The highest BCUT2D eigenvalue weighted by Crippen LogP contribution is 2.07. The van der Waals surface area contributed by atoms with Gasteiger partial charge in [0.1, 0.15) is 0 Å². The van der Waals surface area contributed by atoms with Crippen LogP contribution in [0.25, 0.3) is 0 Å². The molecule has 0 fully saturated rings. The number of carbonyl (C=O) groups is 2. The summed E-state index contributed by atoms with van der Waals surface area (Å²) in [5.41, 5.74) is 0.183. The predicted octanol–water partition coefficient (Wildman–Crippen LogP) is -0.346. The Kier molecular flexibility index (Phi) is 4.61. The summed E-state index contributed by atoms with van der Waals surface area (Å²) in [6.45, 7) is 1.28. The van der Waals surface area contributed by atoms with Crippen LogP contribution in [0.4, 0.5) is 0 Å². The second-order valence-electron chi connectivity index (χ2n) is 3.62. The Balaban J connectivity index is 2.77. The van der Waals surface area contributed by atoms with E-state index in [1.54, 1.807) is 0 Å². The van der Waals surface area contributed by atoms with Gasteiger partial charge in [0.25, 0.3) is 5.91 Å². The molecule has 0 aliphatic carbocycles. The Morgan fingerprint density at radius 2 is 2.11 bits per heavy atom. The molecule has 1 amide bonds. The average Bonchev–Trinajstić information content (AvgIpc) is 2.35. The van der Waals surface area contributed by atoms with Gasteiger partial charge in [-0.15, -0.1) is 0 Å². The lowest BCUT2D eigenvalue weighted by Crippen LogP contribution is -2.47. The number of nitrogens with zero attached hydrogens (tertiary/aromatic N) is 1. The first-order valence-electron chi connectivity index (χ1n) is 5.17. The number of rotatable bonds is 5. The van der Waals surface area contributed by atoms with Gasteiger partial charge in [-0.2, -0.15) is 0 Å². The van der Waals surface area contributed by atoms with Crippen LogP contribution in [0.2, 0.25) is 0 Å². The van der Waals surface area contributed by atoms with Gasteiger partial charge in [0.15, 0.2) is 6.04 Å². The number of ether oxygens (including phenoxy) is 1. The predicted molar refractivity (Wildman–Crippen MR) is 61.4 cm³/mol. The van der Waals surface area contributed by atoms with Gasteiger partial charge in [-0.1, -0.05) is 0 Å². The summed E-state index contributed by atoms with van der Waals surface area (Å²) in [5.74, 6) is -1.59. The molecule has 0 aliphatic rings. The molecular formula is C11H14N2O5. The lowest BCUT2D eigenvalue weighted by molar-refractivity contribution is -0.141. The highest BCUT2D eigenvalue weighted by molar-refractivity contribution is 5.96. The molecule has 1 rings (SSSR count). The van der Waals surface area contributed by atoms with Crippen molar-refractivity contribution in [3.8, 4) is 5.88 Å². The van der Waals surface area contributed by atoms with Gasteiger partial charge >= 0.3 is 5.97 Å². The molecule has 18 heavy (non-hydrogen) atoms. The first kappa shape index (κ1) is 13.9. The maximum Gasteiger partial charge on any atom is 0.328 e. The average molecular weight is 254 g/mol. The fourth-order valence-corrected chi connectivity index (χ4v) is 1.25. The SMILES string of the molecule is COc1ccc(C(=O)N[C@H](C(=O)O)[C@@H](C)O)cn1. The van der Waals surface area contributed by atoms with Crippen LogP contribution in [-0.4, -0.2) is 46.3 Å². The number of aromatic nitrogens is 1. The van der Waals surface area contributed by atoms with Crippen LogP contribution < -0.4 is 10.1 Å². The van der Waals surface area contributed by atoms with Crippen LogP contribution in [-0.2, 0) is 4.79 Å². The van der Waals surface area contributed by atoms with Gasteiger partial charge < -0.3 is 20.3 Å². The Bertz CT molecular complexity index is 430. The normalized spacial score (nSPS) is 13.5. The molecule has 0 spiro atoms. The molecule has 0 unspecified atom stereocenters. The number of methoxy groups -OCH3 is 1. The molecule has 0 saturated carbocycles. The molecule has 0 saturated heterocycles. The fraction of sp³-hybridized carbons (Fsp3) is 0.364. The van der Waals surface area contributed by atoms with Crippen molar-refractivity contribution < 1.29 is 24.5 Å². The molecule has 0 aliphatic heterocycles. The molecule has 98 valence electrons. The van der Waals surface area contributed by atoms with Crippen molar-refractivity contribution >= 4 is 11.9 Å². The van der Waals surface area contributed by atoms with Crippen LogP contribution in [0.3, 0.4) is 0 Å². The highest BCUT2D eigenvalue weighted by atomic mass is 16.5. The zero-order valence-corrected chi connectivity index (χ0v) is 9.95. The molecule has 7 nitrogen and oxygen atoms in total. The van der Waals surface area contributed by atoms with Crippen LogP contribution in [0.15, 0.2) is 18.3 Å². The van der Waals surface area contributed by atoms with Crippen LogP contribution in [0.1, 0.15) is 17.3 Å². The number of nitrogens with one attached hydrogen (secondary N) is 1. The number of aliphatic hydroxyl groups excluding tert-OH is 1. The minimum atomic E-state index is -1.36. The van der Waals surface area contributed by atoms with E-state index in [4.69, 9.17) is 9.84 Å². The Hall–Kier alpha value is -2.15. The van der Waals surface area contributed by atoms with Crippen molar-refractivity contribution in [2.24, 2.45) is 0 Å². The third-order valence-electron chi connectivity index (χ3n) is 2.24. The number of carboxylic acids is 1. The summed E-state index contributed by atoms with van der Waals surface area (Å²) in [7, 11) is 1.44. The van der Waals surface area contributed by atoms with Gasteiger partial charge in [-0.3, -0.25) is 4.79 Å². The number of carbonyl (C=O) groups excluding carboxylic acids is 1. The van der Waals surface area contributed by atoms with E-state index in [0.717, 1.165) is 0 Å². The number of carboxylic acid groups (broad SMARTS) is 1. The van der Waals surface area contributed by atoms with E-state index in [9.17, 15) is 14.7 Å². The number of aliphatic hydroxyl groups is 1. The monoisotopic (exact) mass is 254 g/mol. The standard InChI is InChI=1S/C11H14N2O5/c1-6(14)9(11(16)17)13-10(15)7-3-4-8(18-2)12-5-7/h3-6,9,14H,1-2H3,(H,13,15)(H,16,17)/t6-,9+/m1/s1. The number of pyridine rings is 1. The van der Waals surface area contributed by atoms with Crippen molar-refractivity contribution in [1.82, 2.24) is 10.3 Å². The molecular weight excluding hydrogens is 240 g/mol. The third-order valence-corrected chi connectivity index (χ3v) is 2.24. The summed E-state index contributed by atoms with van der Waals surface area (Å²) < 4.78 is 4.83. The second kappa shape index (κ2) is 5.97. The van der Waals surface area contributed by atoms with Crippen molar-refractivity contribution in [2.45, 2.75) is 19.1 Å². The smallest absolute Gasteiger partial charge is 0.328 e. The van der Waals surface area contributed by atoms with Gasteiger partial charge in [-0.25, -0.2) is 9.78 Å². The van der Waals surface area contributed by atoms with Gasteiger partial charge in [0.05, 0.1) is 18.8 Å². The maximum absolute atomic E-state index is 11.7. The van der Waals surface area contributed by atoms with Gasteiger partial charge in [-0.05, 0) is 13.0 Å². The van der Waals surface area contributed by atoms with Crippen LogP contribution in [0.5, 0.6) is 5.88 Å². The molecule has 2 atom stereocenters. The van der Waals surface area contributed by atoms with E-state index in [2.05, 4.69) is 10.3 Å². The van der Waals surface area contributed by atoms with Gasteiger partial charge in [0.2, 0.25) is 5.88 Å². The minimum absolute atomic E-state index is 0.183. The number of amides is 1. The molecule has 0 radical (unpaired) electrons. The van der Waals surface area contributed by atoms with Crippen molar-refractivity contribution in [2.75, 3.05) is 7.11 Å². The molecule has 3 N–H and O–H groups in total. The van der Waals surface area contributed by atoms with Crippen LogP contribution >= 0.6 is 0 Å². The molecule has 7 heteroatoms. The Morgan fingerprint density at radius 3 is 2.50 bits per heavy atom. The first-order valence-corrected chi connectivity index (χ1v) is 5.17. The minimum Gasteiger partial charge on any atom is -0.481 e. The largest absolute Gasteiger partial charge is 0.481 e. The Labute approximate surface area is 103 Å². The van der Waals surface area contributed by atoms with E-state index in [1.807, 2.05) is 0 Å². The highest BCUT2D eigenvalue weighted by Gasteiger charge is 2.25. The number of hydrogen-bond acceptors (Lipinski definition) is 5. The third kappa shape index (κ3) is 3.42. The van der Waals surface area contributed by atoms with E-state index < -0.39 is 24.0 Å². The summed E-state index contributed by atoms with van der Waals surface area (Å²) >= 11 is 0. The zero-order valence-electron chi connectivity index (χ0n) is 9.95. The first-order chi connectivity index (χ1) is 8.45. The quantitative estimate of drug-likeness (QED) is 0.663. The molecule has 1 aromatic heterocycles. The summed E-state index contributed by atoms with van der Waals surface area (Å²) in [4.78, 5) is 26.3. The molecule has 0 aromatic carbocycles. The zero-order chi connectivity index (χ0) is 13.7. The lowest BCUT2D eigenvalue weighted by Gasteiger charge is -2.16. The Morgan fingerprint density at radius 1 is 1.44 bits per heavy atom. The molecule has 1 aromatic rings. The number of aliphatic carboxylic acids is 1. The molecule has 1 heterocycles. The van der Waals surface area contributed by atoms with Crippen LogP contribution in [0, 0.1) is 0 Å². The van der Waals surface area contributed by atoms with Crippen molar-refractivity contribution in [3.05, 3.63) is 23.9 Å².